The van der Waals surface area contributed by atoms with Gasteiger partial charge in [-0.05, 0) is 6.07 Å². The van der Waals surface area contributed by atoms with E-state index in [4.69, 9.17) is 5.73 Å². The number of nitrogens with zero attached hydrogens (tertiary/aromatic N) is 1. The molecule has 2 aromatic rings. The van der Waals surface area contributed by atoms with Crippen LogP contribution in [0.2, 0.25) is 0 Å². The quantitative estimate of drug-likeness (QED) is 0.903. The van der Waals surface area contributed by atoms with Crippen molar-refractivity contribution in [1.82, 2.24) is 4.57 Å². The second kappa shape index (κ2) is 5.10. The second-order valence-corrected chi connectivity index (χ2v) is 3.98. The number of pyridine rings is 1. The second-order valence-electron chi connectivity index (χ2n) is 3.98. The molecule has 1 aromatic heterocycles. The molecule has 0 aliphatic carbocycles. The smallest absolute Gasteiger partial charge is 0.181 e. The summed E-state index contributed by atoms with van der Waals surface area (Å²) in [4.78, 5) is 10.9. The first-order chi connectivity index (χ1) is 8.58. The Morgan fingerprint density at radius 3 is 2.50 bits per heavy atom. The first-order valence-electron chi connectivity index (χ1n) is 5.43. The highest BCUT2D eigenvalue weighted by molar-refractivity contribution is 5.22. The van der Waals surface area contributed by atoms with E-state index in [1.165, 1.54) is 24.3 Å². The number of nitrogens with two attached hydrogens (primary N) is 1. The van der Waals surface area contributed by atoms with E-state index in [0.717, 1.165) is 6.07 Å². The van der Waals surface area contributed by atoms with Gasteiger partial charge in [0.25, 0.3) is 0 Å². The minimum Gasteiger partial charge on any atom is -0.352 e. The van der Waals surface area contributed by atoms with Crippen molar-refractivity contribution >= 4 is 0 Å². The van der Waals surface area contributed by atoms with Crippen molar-refractivity contribution in [2.75, 3.05) is 0 Å². The molecule has 0 spiro atoms. The average molecular weight is 250 g/mol. The van der Waals surface area contributed by atoms with Crippen molar-refractivity contribution in [3.05, 3.63) is 70.1 Å². The number of aromatic nitrogens is 1. The van der Waals surface area contributed by atoms with E-state index in [1.54, 1.807) is 17.0 Å². The Hall–Kier alpha value is -2.01. The molecule has 1 heterocycles. The van der Waals surface area contributed by atoms with Crippen LogP contribution in [0, 0.1) is 11.6 Å². The monoisotopic (exact) mass is 250 g/mol. The highest BCUT2D eigenvalue weighted by Crippen LogP contribution is 2.18. The van der Waals surface area contributed by atoms with Crippen molar-refractivity contribution in [1.29, 1.82) is 0 Å². The Balaban J connectivity index is 2.21. The Labute approximate surface area is 102 Å². The van der Waals surface area contributed by atoms with Gasteiger partial charge in [0.15, 0.2) is 17.1 Å². The van der Waals surface area contributed by atoms with Gasteiger partial charge >= 0.3 is 0 Å². The highest BCUT2D eigenvalue weighted by atomic mass is 19.2. The van der Waals surface area contributed by atoms with E-state index in [-0.39, 0.29) is 17.5 Å². The molecular formula is C13H12F2N2O. The van der Waals surface area contributed by atoms with Crippen molar-refractivity contribution in [2.24, 2.45) is 5.73 Å². The van der Waals surface area contributed by atoms with E-state index in [9.17, 15) is 13.6 Å². The lowest BCUT2D eigenvalue weighted by Gasteiger charge is -2.15. The molecule has 2 N–H and O–H groups in total. The first-order valence-corrected chi connectivity index (χ1v) is 5.43. The molecule has 0 amide bonds. The molecule has 0 radical (unpaired) electrons. The van der Waals surface area contributed by atoms with Crippen LogP contribution in [0.15, 0.2) is 47.5 Å². The summed E-state index contributed by atoms with van der Waals surface area (Å²) >= 11 is 0. The van der Waals surface area contributed by atoms with E-state index < -0.39 is 17.7 Å². The van der Waals surface area contributed by atoms with Gasteiger partial charge in [-0.15, -0.1) is 0 Å². The van der Waals surface area contributed by atoms with Gasteiger partial charge in [0.1, 0.15) is 0 Å². The molecule has 94 valence electrons. The average Bonchev–Trinajstić information content (AvgIpc) is 2.35. The van der Waals surface area contributed by atoms with Crippen molar-refractivity contribution in [3.63, 3.8) is 0 Å². The van der Waals surface area contributed by atoms with Gasteiger partial charge in [-0.3, -0.25) is 4.79 Å². The molecular weight excluding hydrogens is 238 g/mol. The molecule has 1 unspecified atom stereocenters. The zero-order valence-electron chi connectivity index (χ0n) is 9.51. The third kappa shape index (κ3) is 2.62. The Bertz CT molecular complexity index is 590. The lowest BCUT2D eigenvalue weighted by atomic mass is 10.1. The van der Waals surface area contributed by atoms with Crippen molar-refractivity contribution < 1.29 is 8.78 Å². The summed E-state index contributed by atoms with van der Waals surface area (Å²) in [5, 5.41) is 0. The molecule has 0 saturated carbocycles. The molecule has 0 fully saturated rings. The van der Waals surface area contributed by atoms with Crippen molar-refractivity contribution in [3.8, 4) is 0 Å². The Kier molecular flexibility index (Phi) is 3.53. The minimum atomic E-state index is -0.925. The lowest BCUT2D eigenvalue weighted by Crippen LogP contribution is -2.19. The fourth-order valence-electron chi connectivity index (χ4n) is 1.70. The predicted octanol–water partition coefficient (Wildman–Crippen LogP) is 1.83. The van der Waals surface area contributed by atoms with Gasteiger partial charge in [0.05, 0.1) is 6.04 Å². The van der Waals surface area contributed by atoms with Crippen LogP contribution in [0.25, 0.3) is 0 Å². The number of rotatable bonds is 3. The zero-order valence-corrected chi connectivity index (χ0v) is 9.51. The maximum Gasteiger partial charge on any atom is 0.181 e. The largest absolute Gasteiger partial charge is 0.352 e. The molecule has 1 aromatic carbocycles. The molecule has 1 atom stereocenters. The van der Waals surface area contributed by atoms with Crippen LogP contribution in [-0.2, 0) is 6.54 Å². The summed E-state index contributed by atoms with van der Waals surface area (Å²) in [7, 11) is 0. The van der Waals surface area contributed by atoms with Crippen LogP contribution in [0.1, 0.15) is 11.6 Å². The summed E-state index contributed by atoms with van der Waals surface area (Å²) in [6.45, 7) is 0.265. The topological polar surface area (TPSA) is 48.0 Å². The Morgan fingerprint density at radius 1 is 1.17 bits per heavy atom. The molecule has 2 rings (SSSR count). The van der Waals surface area contributed by atoms with Crippen LogP contribution >= 0.6 is 0 Å². The van der Waals surface area contributed by atoms with Gasteiger partial charge in [-0.2, -0.15) is 0 Å². The van der Waals surface area contributed by atoms with Gasteiger partial charge in [-0.25, -0.2) is 8.78 Å². The maximum absolute atomic E-state index is 13.5. The summed E-state index contributed by atoms with van der Waals surface area (Å²) in [6.07, 6.45) is 3.11. The minimum absolute atomic E-state index is 0.114. The number of hydrogen-bond donors (Lipinski definition) is 1. The normalized spacial score (nSPS) is 12.4. The van der Waals surface area contributed by atoms with Crippen LogP contribution in [-0.4, -0.2) is 4.57 Å². The molecule has 3 nitrogen and oxygen atoms in total. The number of benzene rings is 1. The fraction of sp³-hybridized carbons (Fsp3) is 0.154. The number of halogens is 2. The standard InChI is InChI=1S/C13H12F2N2O/c14-11-3-1-2-10(13(11)15)12(16)8-17-6-4-9(18)5-7-17/h1-7,12H,8,16H2. The third-order valence-electron chi connectivity index (χ3n) is 2.65. The lowest BCUT2D eigenvalue weighted by molar-refractivity contribution is 0.474. The van der Waals surface area contributed by atoms with E-state index in [0.29, 0.717) is 0 Å². The molecule has 0 aliphatic rings. The summed E-state index contributed by atoms with van der Waals surface area (Å²) in [5.41, 5.74) is 5.83. The maximum atomic E-state index is 13.5. The van der Waals surface area contributed by atoms with E-state index >= 15 is 0 Å². The summed E-state index contributed by atoms with van der Waals surface area (Å²) < 4.78 is 28.2. The zero-order chi connectivity index (χ0) is 13.1. The molecule has 18 heavy (non-hydrogen) atoms. The summed E-state index contributed by atoms with van der Waals surface area (Å²) in [6, 6.07) is 6.00. The first kappa shape index (κ1) is 12.4. The van der Waals surface area contributed by atoms with E-state index in [2.05, 4.69) is 0 Å². The third-order valence-corrected chi connectivity index (χ3v) is 2.65. The molecule has 0 bridgehead atoms. The van der Waals surface area contributed by atoms with Crippen LogP contribution in [0.4, 0.5) is 8.78 Å². The Morgan fingerprint density at radius 2 is 1.83 bits per heavy atom. The van der Waals surface area contributed by atoms with Crippen LogP contribution < -0.4 is 11.2 Å². The van der Waals surface area contributed by atoms with Gasteiger partial charge in [0.2, 0.25) is 0 Å². The van der Waals surface area contributed by atoms with Gasteiger partial charge < -0.3 is 10.3 Å². The molecule has 0 saturated heterocycles. The summed E-state index contributed by atoms with van der Waals surface area (Å²) in [5.74, 6) is -1.84. The van der Waals surface area contributed by atoms with E-state index in [1.807, 2.05) is 0 Å². The fourth-order valence-corrected chi connectivity index (χ4v) is 1.70. The molecule has 0 aliphatic heterocycles. The van der Waals surface area contributed by atoms with Gasteiger partial charge in [0, 0.05) is 36.6 Å². The van der Waals surface area contributed by atoms with Crippen LogP contribution in [0.3, 0.4) is 0 Å². The van der Waals surface area contributed by atoms with Crippen molar-refractivity contribution in [2.45, 2.75) is 12.6 Å². The molecule has 5 heteroatoms. The van der Waals surface area contributed by atoms with Gasteiger partial charge in [-0.1, -0.05) is 12.1 Å². The highest BCUT2D eigenvalue weighted by Gasteiger charge is 2.14. The number of hydrogen-bond acceptors (Lipinski definition) is 2. The van der Waals surface area contributed by atoms with Crippen LogP contribution in [0.5, 0.6) is 0 Å². The SMILES string of the molecule is NC(Cn1ccc(=O)cc1)c1cccc(F)c1F. The predicted molar refractivity (Wildman–Crippen MR) is 64.0 cm³/mol.